The number of fused-ring (bicyclic) bond motifs is 1. The number of carbonyl (C=O) groups is 1. The first kappa shape index (κ1) is 29.7. The highest BCUT2D eigenvalue weighted by Gasteiger charge is 2.17. The Hall–Kier alpha value is -4.24. The summed E-state index contributed by atoms with van der Waals surface area (Å²) in [6, 6.07) is 13.1. The van der Waals surface area contributed by atoms with Crippen LogP contribution in [0.2, 0.25) is 0 Å². The Balaban J connectivity index is 1.29. The van der Waals surface area contributed by atoms with Crippen molar-refractivity contribution in [1.82, 2.24) is 20.3 Å². The van der Waals surface area contributed by atoms with E-state index in [1.54, 1.807) is 0 Å². The lowest BCUT2D eigenvalue weighted by atomic mass is 10.1. The Morgan fingerprint density at radius 3 is 2.44 bits per heavy atom. The van der Waals surface area contributed by atoms with Crippen molar-refractivity contribution in [2.45, 2.75) is 13.0 Å². The molecule has 3 aromatic rings. The highest BCUT2D eigenvalue weighted by molar-refractivity contribution is 5.78. The number of nitrogens with zero attached hydrogens (tertiary/aromatic N) is 3. The third-order valence-corrected chi connectivity index (χ3v) is 5.72. The molecule has 1 aromatic heterocycles. The summed E-state index contributed by atoms with van der Waals surface area (Å²) in [4.78, 5) is 25.5. The van der Waals surface area contributed by atoms with Crippen LogP contribution in [-0.4, -0.2) is 85.4 Å². The predicted octanol–water partition coefficient (Wildman–Crippen LogP) is 1.01. The van der Waals surface area contributed by atoms with E-state index >= 15 is 0 Å². The Kier molecular flexibility index (Phi) is 11.7. The largest absolute Gasteiger partial charge is 0.454 e. The Labute approximate surface area is 238 Å². The first-order valence-electron chi connectivity index (χ1n) is 13.3. The maximum absolute atomic E-state index is 12.3. The highest BCUT2D eigenvalue weighted by atomic mass is 16.7. The first-order valence-corrected chi connectivity index (χ1v) is 13.3. The van der Waals surface area contributed by atoms with E-state index in [0.29, 0.717) is 75.4 Å². The molecule has 14 heteroatoms. The van der Waals surface area contributed by atoms with Crippen molar-refractivity contribution in [3.63, 3.8) is 0 Å². The molecule has 0 saturated heterocycles. The maximum atomic E-state index is 12.3. The van der Waals surface area contributed by atoms with Gasteiger partial charge in [-0.25, -0.2) is 0 Å². The fourth-order valence-electron chi connectivity index (χ4n) is 3.81. The summed E-state index contributed by atoms with van der Waals surface area (Å²) in [5.74, 6) is 2.24. The number of carbonyl (C=O) groups excluding carboxylic acids is 1. The van der Waals surface area contributed by atoms with Crippen LogP contribution < -0.4 is 36.5 Å². The van der Waals surface area contributed by atoms with Gasteiger partial charge in [0, 0.05) is 37.4 Å². The van der Waals surface area contributed by atoms with Crippen LogP contribution in [-0.2, 0) is 27.2 Å². The van der Waals surface area contributed by atoms with E-state index < -0.39 is 0 Å². The number of benzene rings is 2. The van der Waals surface area contributed by atoms with Gasteiger partial charge < -0.3 is 51.1 Å². The smallest absolute Gasteiger partial charge is 0.233 e. The second-order valence-corrected chi connectivity index (χ2v) is 8.82. The Morgan fingerprint density at radius 1 is 0.902 bits per heavy atom. The average Bonchev–Trinajstić information content (AvgIpc) is 3.47. The average molecular weight is 569 g/mol. The molecule has 2 aromatic carbocycles. The Morgan fingerprint density at radius 2 is 1.66 bits per heavy atom. The molecule has 0 saturated carbocycles. The third kappa shape index (κ3) is 9.72. The minimum Gasteiger partial charge on any atom is -0.454 e. The van der Waals surface area contributed by atoms with E-state index in [1.165, 1.54) is 0 Å². The summed E-state index contributed by atoms with van der Waals surface area (Å²) in [7, 11) is 0. The molecule has 0 bridgehead atoms. The van der Waals surface area contributed by atoms with Gasteiger partial charge in [-0.15, -0.1) is 0 Å². The van der Waals surface area contributed by atoms with E-state index in [0.717, 1.165) is 16.8 Å². The molecule has 1 amide bonds. The lowest BCUT2D eigenvalue weighted by Crippen LogP contribution is -2.29. The standard InChI is InChI=1S/C27H36N8O6/c28-8-12-38-14-15-39-13-10-29-23(37)16-19-4-6-21(7-5-19)32-27-34-25(30-9-11-36)33-26(35-27)31-17-20-2-1-3-22-24(20)41-18-40-22/h1-7,36H,8-18,28H2,(H,29,37)(H3,30,31,32,33,34,35). The molecule has 4 rings (SSSR count). The van der Waals surface area contributed by atoms with Crippen molar-refractivity contribution in [2.24, 2.45) is 5.73 Å². The molecule has 0 atom stereocenters. The number of aromatic nitrogens is 3. The SMILES string of the molecule is NCCOCCOCCNC(=O)Cc1ccc(Nc2nc(NCCO)nc(NCc3cccc4c3OCO4)n2)cc1. The fraction of sp³-hybridized carbons (Fsp3) is 0.407. The summed E-state index contributed by atoms with van der Waals surface area (Å²) in [6.07, 6.45) is 0.243. The van der Waals surface area contributed by atoms with E-state index in [4.69, 9.17) is 24.7 Å². The molecule has 0 fully saturated rings. The van der Waals surface area contributed by atoms with E-state index in [9.17, 15) is 9.90 Å². The van der Waals surface area contributed by atoms with Crippen molar-refractivity contribution in [3.8, 4) is 11.5 Å². The fourth-order valence-corrected chi connectivity index (χ4v) is 3.81. The summed E-state index contributed by atoms with van der Waals surface area (Å²) < 4.78 is 21.6. The van der Waals surface area contributed by atoms with Gasteiger partial charge in [-0.1, -0.05) is 24.3 Å². The monoisotopic (exact) mass is 568 g/mol. The number of amides is 1. The lowest BCUT2D eigenvalue weighted by Gasteiger charge is -2.12. The van der Waals surface area contributed by atoms with Gasteiger partial charge in [0.2, 0.25) is 30.5 Å². The van der Waals surface area contributed by atoms with Crippen molar-refractivity contribution < 1.29 is 28.8 Å². The zero-order valence-corrected chi connectivity index (χ0v) is 22.7. The Bertz CT molecular complexity index is 1250. The van der Waals surface area contributed by atoms with Gasteiger partial charge in [0.15, 0.2) is 11.5 Å². The van der Waals surface area contributed by atoms with Crippen LogP contribution in [0.4, 0.5) is 23.5 Å². The molecular weight excluding hydrogens is 532 g/mol. The van der Waals surface area contributed by atoms with Gasteiger partial charge in [-0.3, -0.25) is 4.79 Å². The number of hydrogen-bond acceptors (Lipinski definition) is 13. The number of ether oxygens (including phenoxy) is 4. The number of hydrogen-bond donors (Lipinski definition) is 6. The maximum Gasteiger partial charge on any atom is 0.233 e. The number of anilines is 4. The van der Waals surface area contributed by atoms with Crippen molar-refractivity contribution in [1.29, 1.82) is 0 Å². The molecule has 7 N–H and O–H groups in total. The van der Waals surface area contributed by atoms with Gasteiger partial charge in [0.05, 0.1) is 39.5 Å². The lowest BCUT2D eigenvalue weighted by molar-refractivity contribution is -0.120. The summed E-state index contributed by atoms with van der Waals surface area (Å²) in [6.45, 7) is 3.57. The minimum absolute atomic E-state index is 0.0725. The summed E-state index contributed by atoms with van der Waals surface area (Å²) in [5.41, 5.74) is 7.84. The van der Waals surface area contributed by atoms with E-state index in [1.807, 2.05) is 42.5 Å². The molecule has 220 valence electrons. The number of para-hydroxylation sites is 1. The minimum atomic E-state index is -0.0949. The first-order chi connectivity index (χ1) is 20.1. The molecular formula is C27H36N8O6. The second kappa shape index (κ2) is 16.1. The topological polar surface area (TPSA) is 187 Å². The highest BCUT2D eigenvalue weighted by Crippen LogP contribution is 2.35. The van der Waals surface area contributed by atoms with Crippen LogP contribution >= 0.6 is 0 Å². The van der Waals surface area contributed by atoms with Gasteiger partial charge in [-0.2, -0.15) is 15.0 Å². The van der Waals surface area contributed by atoms with E-state index in [2.05, 4.69) is 36.2 Å². The van der Waals surface area contributed by atoms with Gasteiger partial charge in [-0.05, 0) is 23.8 Å². The van der Waals surface area contributed by atoms with E-state index in [-0.39, 0.29) is 32.3 Å². The van der Waals surface area contributed by atoms with Gasteiger partial charge >= 0.3 is 0 Å². The van der Waals surface area contributed by atoms with Crippen LogP contribution in [0, 0.1) is 0 Å². The van der Waals surface area contributed by atoms with Crippen LogP contribution in [0.25, 0.3) is 0 Å². The van der Waals surface area contributed by atoms with Crippen LogP contribution in [0.3, 0.4) is 0 Å². The second-order valence-electron chi connectivity index (χ2n) is 8.82. The zero-order chi connectivity index (χ0) is 28.7. The molecule has 0 spiro atoms. The molecule has 1 aliphatic heterocycles. The van der Waals surface area contributed by atoms with Gasteiger partial charge in [0.1, 0.15) is 0 Å². The van der Waals surface area contributed by atoms with Crippen molar-refractivity contribution in [3.05, 3.63) is 53.6 Å². The molecule has 1 aliphatic rings. The number of aliphatic hydroxyl groups is 1. The molecule has 41 heavy (non-hydrogen) atoms. The number of nitrogens with one attached hydrogen (secondary N) is 4. The van der Waals surface area contributed by atoms with Crippen LogP contribution in [0.15, 0.2) is 42.5 Å². The molecule has 14 nitrogen and oxygen atoms in total. The molecule has 2 heterocycles. The molecule has 0 aliphatic carbocycles. The van der Waals surface area contributed by atoms with Crippen molar-refractivity contribution >= 4 is 29.4 Å². The normalized spacial score (nSPS) is 11.8. The molecule has 0 radical (unpaired) electrons. The summed E-state index contributed by atoms with van der Waals surface area (Å²) >= 11 is 0. The summed E-state index contributed by atoms with van der Waals surface area (Å²) in [5, 5.41) is 21.4. The third-order valence-electron chi connectivity index (χ3n) is 5.72. The quantitative estimate of drug-likeness (QED) is 0.119. The number of rotatable bonds is 18. The van der Waals surface area contributed by atoms with Crippen molar-refractivity contribution in [2.75, 3.05) is 75.4 Å². The zero-order valence-electron chi connectivity index (χ0n) is 22.7. The van der Waals surface area contributed by atoms with Gasteiger partial charge in [0.25, 0.3) is 0 Å². The van der Waals surface area contributed by atoms with Crippen LogP contribution in [0.1, 0.15) is 11.1 Å². The predicted molar refractivity (Wildman–Crippen MR) is 152 cm³/mol. The number of nitrogens with two attached hydrogens (primary N) is 1. The molecule has 0 unspecified atom stereocenters. The van der Waals surface area contributed by atoms with Crippen LogP contribution in [0.5, 0.6) is 11.5 Å². The number of aliphatic hydroxyl groups excluding tert-OH is 1.